The lowest BCUT2D eigenvalue weighted by Crippen LogP contribution is -2.44. The number of allylic oxidation sites excluding steroid dienone is 2. The van der Waals surface area contributed by atoms with Gasteiger partial charge < -0.3 is 15.2 Å². The third kappa shape index (κ3) is 3.47. The molecule has 0 bridgehead atoms. The number of rotatable bonds is 4. The van der Waals surface area contributed by atoms with E-state index in [0.29, 0.717) is 35.9 Å². The third-order valence-electron chi connectivity index (χ3n) is 5.56. The molecule has 1 aliphatic rings. The van der Waals surface area contributed by atoms with Gasteiger partial charge in [0, 0.05) is 32.7 Å². The number of nitrogens with zero attached hydrogens (tertiary/aromatic N) is 5. The van der Waals surface area contributed by atoms with Crippen LogP contribution in [0.1, 0.15) is 26.7 Å². The Kier molecular flexibility index (Phi) is 5.34. The lowest BCUT2D eigenvalue weighted by molar-refractivity contribution is 0.495. The van der Waals surface area contributed by atoms with Crippen LogP contribution in [0.3, 0.4) is 0 Å². The highest BCUT2D eigenvalue weighted by Gasteiger charge is 2.26. The molecule has 8 nitrogen and oxygen atoms in total. The van der Waals surface area contributed by atoms with E-state index in [2.05, 4.69) is 11.0 Å². The van der Waals surface area contributed by atoms with Crippen molar-refractivity contribution in [1.82, 2.24) is 18.7 Å². The predicted octanol–water partition coefficient (Wildman–Crippen LogP) is 1.78. The van der Waals surface area contributed by atoms with Crippen LogP contribution in [0.4, 0.5) is 5.95 Å². The van der Waals surface area contributed by atoms with E-state index in [1.165, 1.54) is 11.6 Å². The van der Waals surface area contributed by atoms with E-state index >= 15 is 0 Å². The molecular weight excluding hydrogens is 380 g/mol. The smallest absolute Gasteiger partial charge is 0.337 e. The van der Waals surface area contributed by atoms with Crippen LogP contribution in [0.2, 0.25) is 0 Å². The van der Waals surface area contributed by atoms with E-state index in [4.69, 9.17) is 10.7 Å². The Hall–Kier alpha value is -3.13. The van der Waals surface area contributed by atoms with Gasteiger partial charge in [-0.3, -0.25) is 9.36 Å². The average Bonchev–Trinajstić information content (AvgIpc) is 3.10. The van der Waals surface area contributed by atoms with Crippen LogP contribution >= 0.6 is 0 Å². The van der Waals surface area contributed by atoms with Crippen molar-refractivity contribution in [3.05, 3.63) is 62.8 Å². The number of benzene rings is 1. The summed E-state index contributed by atoms with van der Waals surface area (Å²) in [6.45, 7) is 6.04. The van der Waals surface area contributed by atoms with Gasteiger partial charge >= 0.3 is 5.69 Å². The van der Waals surface area contributed by atoms with E-state index in [0.717, 1.165) is 29.5 Å². The molecule has 3 aromatic rings. The summed E-state index contributed by atoms with van der Waals surface area (Å²) in [4.78, 5) is 33.2. The SMILES string of the molecule is CC(C)=CCn1c(N2CCCC(N)C2)nc2c1c(=O)n(C)c(=O)n2-c1ccccc1. The van der Waals surface area contributed by atoms with Gasteiger partial charge in [-0.25, -0.2) is 9.36 Å². The molecule has 1 aliphatic heterocycles. The molecule has 2 N–H and O–H groups in total. The van der Waals surface area contributed by atoms with Gasteiger partial charge in [0.2, 0.25) is 5.95 Å². The Morgan fingerprint density at radius 2 is 1.97 bits per heavy atom. The fraction of sp³-hybridized carbons (Fsp3) is 0.409. The van der Waals surface area contributed by atoms with Gasteiger partial charge in [-0.2, -0.15) is 4.98 Å². The number of anilines is 1. The van der Waals surface area contributed by atoms with Crippen LogP contribution in [0.5, 0.6) is 0 Å². The van der Waals surface area contributed by atoms with Gasteiger partial charge in [-0.05, 0) is 38.8 Å². The fourth-order valence-corrected chi connectivity index (χ4v) is 3.97. The number of para-hydroxylation sites is 1. The van der Waals surface area contributed by atoms with Gasteiger partial charge in [-0.1, -0.05) is 29.8 Å². The molecule has 0 aliphatic carbocycles. The maximum atomic E-state index is 13.2. The van der Waals surface area contributed by atoms with Gasteiger partial charge in [0.1, 0.15) is 0 Å². The molecule has 3 heterocycles. The zero-order valence-electron chi connectivity index (χ0n) is 17.7. The van der Waals surface area contributed by atoms with Crippen LogP contribution in [0, 0.1) is 0 Å². The Morgan fingerprint density at radius 3 is 2.63 bits per heavy atom. The molecule has 30 heavy (non-hydrogen) atoms. The molecule has 1 unspecified atom stereocenters. The van der Waals surface area contributed by atoms with Crippen molar-refractivity contribution in [2.75, 3.05) is 18.0 Å². The molecule has 1 aromatic carbocycles. The minimum absolute atomic E-state index is 0.0645. The topological polar surface area (TPSA) is 91.1 Å². The first kappa shape index (κ1) is 20.2. The molecular formula is C22H28N6O2. The summed E-state index contributed by atoms with van der Waals surface area (Å²) in [6, 6.07) is 9.37. The zero-order valence-corrected chi connectivity index (χ0v) is 17.7. The van der Waals surface area contributed by atoms with Gasteiger partial charge in [-0.15, -0.1) is 0 Å². The van der Waals surface area contributed by atoms with Crippen LogP contribution in [-0.2, 0) is 13.6 Å². The molecule has 1 fully saturated rings. The van der Waals surface area contributed by atoms with E-state index in [1.54, 1.807) is 0 Å². The second-order valence-corrected chi connectivity index (χ2v) is 8.14. The second kappa shape index (κ2) is 7.95. The Bertz CT molecular complexity index is 1210. The van der Waals surface area contributed by atoms with Gasteiger partial charge in [0.25, 0.3) is 5.56 Å². The van der Waals surface area contributed by atoms with Crippen LogP contribution in [0.25, 0.3) is 16.9 Å². The normalized spacial score (nSPS) is 16.8. The van der Waals surface area contributed by atoms with Gasteiger partial charge in [0.15, 0.2) is 11.2 Å². The van der Waals surface area contributed by atoms with Crippen molar-refractivity contribution in [3.8, 4) is 5.69 Å². The molecule has 1 saturated heterocycles. The number of imidazole rings is 1. The maximum Gasteiger partial charge on any atom is 0.337 e. The van der Waals surface area contributed by atoms with Crippen LogP contribution < -0.4 is 21.9 Å². The van der Waals surface area contributed by atoms with Crippen molar-refractivity contribution >= 4 is 17.1 Å². The van der Waals surface area contributed by atoms with Gasteiger partial charge in [0.05, 0.1) is 5.69 Å². The second-order valence-electron chi connectivity index (χ2n) is 8.14. The number of nitrogens with two attached hydrogens (primary N) is 1. The summed E-state index contributed by atoms with van der Waals surface area (Å²) in [6.07, 6.45) is 4.00. The first-order chi connectivity index (χ1) is 14.4. The highest BCUT2D eigenvalue weighted by molar-refractivity contribution is 5.76. The largest absolute Gasteiger partial charge is 0.341 e. The Morgan fingerprint density at radius 1 is 1.23 bits per heavy atom. The highest BCUT2D eigenvalue weighted by Crippen LogP contribution is 2.24. The Balaban J connectivity index is 2.05. The summed E-state index contributed by atoms with van der Waals surface area (Å²) in [7, 11) is 1.51. The van der Waals surface area contributed by atoms with Crippen molar-refractivity contribution < 1.29 is 0 Å². The molecule has 0 spiro atoms. The fourth-order valence-electron chi connectivity index (χ4n) is 3.97. The predicted molar refractivity (Wildman–Crippen MR) is 119 cm³/mol. The number of hydrogen-bond acceptors (Lipinski definition) is 5. The first-order valence-corrected chi connectivity index (χ1v) is 10.3. The molecule has 1 atom stereocenters. The minimum atomic E-state index is -0.410. The monoisotopic (exact) mass is 408 g/mol. The number of fused-ring (bicyclic) bond motifs is 1. The molecule has 4 rings (SSSR count). The highest BCUT2D eigenvalue weighted by atomic mass is 16.2. The van der Waals surface area contributed by atoms with Crippen molar-refractivity contribution in [2.45, 2.75) is 39.3 Å². The van der Waals surface area contributed by atoms with Crippen molar-refractivity contribution in [3.63, 3.8) is 0 Å². The number of hydrogen-bond donors (Lipinski definition) is 1. The lowest BCUT2D eigenvalue weighted by atomic mass is 10.1. The minimum Gasteiger partial charge on any atom is -0.341 e. The summed E-state index contributed by atoms with van der Waals surface area (Å²) in [5, 5.41) is 0. The van der Waals surface area contributed by atoms with E-state index in [9.17, 15) is 9.59 Å². The zero-order chi connectivity index (χ0) is 21.4. The average molecular weight is 409 g/mol. The summed E-state index contributed by atoms with van der Waals surface area (Å²) >= 11 is 0. The Labute approximate surface area is 174 Å². The van der Waals surface area contributed by atoms with Crippen molar-refractivity contribution in [2.24, 2.45) is 12.8 Å². The quantitative estimate of drug-likeness (QED) is 0.665. The van der Waals surface area contributed by atoms with Crippen LogP contribution in [-0.4, -0.2) is 37.8 Å². The number of aromatic nitrogens is 4. The van der Waals surface area contributed by atoms with E-state index in [1.807, 2.05) is 48.7 Å². The molecule has 2 aromatic heterocycles. The lowest BCUT2D eigenvalue weighted by Gasteiger charge is -2.31. The maximum absolute atomic E-state index is 13.2. The van der Waals surface area contributed by atoms with Crippen molar-refractivity contribution in [1.29, 1.82) is 0 Å². The summed E-state index contributed by atoms with van der Waals surface area (Å²) in [5.41, 5.74) is 8.09. The van der Waals surface area contributed by atoms with Crippen LogP contribution in [0.15, 0.2) is 51.6 Å². The molecule has 158 valence electrons. The summed E-state index contributed by atoms with van der Waals surface area (Å²) < 4.78 is 4.59. The first-order valence-electron chi connectivity index (χ1n) is 10.3. The van der Waals surface area contributed by atoms with E-state index in [-0.39, 0.29) is 11.6 Å². The molecule has 0 amide bonds. The molecule has 0 radical (unpaired) electrons. The third-order valence-corrected chi connectivity index (χ3v) is 5.56. The standard InChI is InChI=1S/C22H28N6O2/c1-15(2)11-13-27-18-19(24-21(27)26-12-7-8-16(23)14-26)28(17-9-5-4-6-10-17)22(30)25(3)20(18)29/h4-6,9-11,16H,7-8,12-14,23H2,1-3H3. The molecule has 8 heteroatoms. The number of piperidine rings is 1. The van der Waals surface area contributed by atoms with E-state index < -0.39 is 5.69 Å². The molecule has 0 saturated carbocycles. The summed E-state index contributed by atoms with van der Waals surface area (Å²) in [5.74, 6) is 0.685.